The Kier molecular flexibility index (Phi) is 2.97. The number of carbonyl (C=O) groups is 3. The molecule has 2 amide bonds. The van der Waals surface area contributed by atoms with E-state index in [1.54, 1.807) is 30.0 Å². The minimum absolute atomic E-state index is 0.170. The summed E-state index contributed by atoms with van der Waals surface area (Å²) in [6.45, 7) is 2.76. The van der Waals surface area contributed by atoms with Crippen molar-refractivity contribution in [3.8, 4) is 0 Å². The van der Waals surface area contributed by atoms with Gasteiger partial charge < -0.3 is 15.3 Å². The fourth-order valence-electron chi connectivity index (χ4n) is 2.84. The summed E-state index contributed by atoms with van der Waals surface area (Å²) in [5, 5.41) is 11.9. The van der Waals surface area contributed by atoms with E-state index >= 15 is 0 Å². The molecule has 110 valence electrons. The molecule has 0 saturated carbocycles. The molecule has 0 aromatic heterocycles. The van der Waals surface area contributed by atoms with Crippen LogP contribution in [0.2, 0.25) is 0 Å². The number of benzene rings is 1. The maximum Gasteiger partial charge on any atom is 0.311 e. The molecule has 1 unspecified atom stereocenters. The predicted octanol–water partition coefficient (Wildman–Crippen LogP) is 0.867. The van der Waals surface area contributed by atoms with Gasteiger partial charge in [0.15, 0.2) is 0 Å². The lowest BCUT2D eigenvalue weighted by atomic mass is 9.90. The van der Waals surface area contributed by atoms with E-state index in [0.29, 0.717) is 30.6 Å². The third-order valence-corrected chi connectivity index (χ3v) is 4.32. The van der Waals surface area contributed by atoms with Crippen LogP contribution in [-0.4, -0.2) is 40.9 Å². The van der Waals surface area contributed by atoms with E-state index in [4.69, 9.17) is 0 Å². The molecule has 0 radical (unpaired) electrons. The molecule has 21 heavy (non-hydrogen) atoms. The van der Waals surface area contributed by atoms with Crippen LogP contribution in [0.4, 0.5) is 0 Å². The molecule has 0 spiro atoms. The topological polar surface area (TPSA) is 86.7 Å². The van der Waals surface area contributed by atoms with Crippen molar-refractivity contribution in [2.45, 2.75) is 19.9 Å². The molecule has 6 heteroatoms. The number of nitrogens with zero attached hydrogens (tertiary/aromatic N) is 1. The lowest BCUT2D eigenvalue weighted by Gasteiger charge is -2.20. The number of rotatable bonds is 2. The molecule has 2 heterocycles. The lowest BCUT2D eigenvalue weighted by Crippen LogP contribution is -2.34. The second kappa shape index (κ2) is 4.58. The van der Waals surface area contributed by atoms with Gasteiger partial charge in [0.25, 0.3) is 11.8 Å². The number of likely N-dealkylation sites (tertiary alicyclic amines) is 1. The van der Waals surface area contributed by atoms with Crippen molar-refractivity contribution in [1.82, 2.24) is 10.2 Å². The summed E-state index contributed by atoms with van der Waals surface area (Å²) in [4.78, 5) is 36.9. The zero-order valence-corrected chi connectivity index (χ0v) is 11.7. The molecular weight excluding hydrogens is 272 g/mol. The number of fused-ring (bicyclic) bond motifs is 1. The van der Waals surface area contributed by atoms with Crippen molar-refractivity contribution in [1.29, 1.82) is 0 Å². The molecule has 6 nitrogen and oxygen atoms in total. The van der Waals surface area contributed by atoms with E-state index in [9.17, 15) is 19.5 Å². The van der Waals surface area contributed by atoms with E-state index in [-0.39, 0.29) is 18.4 Å². The minimum Gasteiger partial charge on any atom is -0.481 e. The first-order chi connectivity index (χ1) is 9.90. The first-order valence-electron chi connectivity index (χ1n) is 6.84. The molecule has 1 aromatic rings. The van der Waals surface area contributed by atoms with Gasteiger partial charge in [-0.05, 0) is 31.0 Å². The van der Waals surface area contributed by atoms with Gasteiger partial charge in [0.05, 0.1) is 5.41 Å². The maximum atomic E-state index is 12.5. The van der Waals surface area contributed by atoms with Crippen molar-refractivity contribution in [3.05, 3.63) is 34.9 Å². The van der Waals surface area contributed by atoms with Gasteiger partial charge in [-0.2, -0.15) is 0 Å². The van der Waals surface area contributed by atoms with E-state index in [2.05, 4.69) is 5.32 Å². The number of carboxylic acid groups (broad SMARTS) is 1. The molecule has 1 saturated heterocycles. The van der Waals surface area contributed by atoms with E-state index in [1.165, 1.54) is 0 Å². The molecule has 0 bridgehead atoms. The Morgan fingerprint density at radius 3 is 2.81 bits per heavy atom. The fourth-order valence-corrected chi connectivity index (χ4v) is 2.84. The number of carbonyl (C=O) groups excluding carboxylic acids is 2. The van der Waals surface area contributed by atoms with Gasteiger partial charge in [-0.15, -0.1) is 0 Å². The van der Waals surface area contributed by atoms with Gasteiger partial charge in [0.2, 0.25) is 0 Å². The quantitative estimate of drug-likeness (QED) is 0.845. The highest BCUT2D eigenvalue weighted by Crippen LogP contribution is 2.31. The number of amides is 2. The van der Waals surface area contributed by atoms with Crippen LogP contribution in [0.5, 0.6) is 0 Å². The van der Waals surface area contributed by atoms with Gasteiger partial charge >= 0.3 is 5.97 Å². The van der Waals surface area contributed by atoms with Crippen LogP contribution in [0.25, 0.3) is 0 Å². The Morgan fingerprint density at radius 2 is 2.14 bits per heavy atom. The fraction of sp³-hybridized carbons (Fsp3) is 0.400. The molecular formula is C15H16N2O4. The molecule has 2 aliphatic heterocycles. The van der Waals surface area contributed by atoms with Crippen LogP contribution < -0.4 is 5.32 Å². The van der Waals surface area contributed by atoms with Crippen molar-refractivity contribution in [2.75, 3.05) is 13.1 Å². The summed E-state index contributed by atoms with van der Waals surface area (Å²) < 4.78 is 0. The van der Waals surface area contributed by atoms with E-state index < -0.39 is 11.4 Å². The highest BCUT2D eigenvalue weighted by Gasteiger charge is 2.42. The molecule has 1 atom stereocenters. The number of hydrogen-bond acceptors (Lipinski definition) is 3. The standard InChI is InChI=1S/C15H16N2O4/c1-15(14(20)21)4-5-17(8-15)13(19)9-2-3-10-7-16-12(18)11(10)6-9/h2-3,6H,4-5,7-8H2,1H3,(H,16,18)(H,20,21). The number of carboxylic acids is 1. The van der Waals surface area contributed by atoms with Crippen molar-refractivity contribution < 1.29 is 19.5 Å². The summed E-state index contributed by atoms with van der Waals surface area (Å²) in [6.07, 6.45) is 0.444. The largest absolute Gasteiger partial charge is 0.481 e. The van der Waals surface area contributed by atoms with Crippen LogP contribution in [0.1, 0.15) is 39.6 Å². The second-order valence-electron chi connectivity index (χ2n) is 5.90. The number of hydrogen-bond donors (Lipinski definition) is 2. The Hall–Kier alpha value is -2.37. The highest BCUT2D eigenvalue weighted by molar-refractivity contribution is 6.02. The number of aliphatic carboxylic acids is 1. The maximum absolute atomic E-state index is 12.5. The van der Waals surface area contributed by atoms with Gasteiger partial charge in [0.1, 0.15) is 0 Å². The Balaban J connectivity index is 1.83. The van der Waals surface area contributed by atoms with E-state index in [1.807, 2.05) is 0 Å². The molecule has 1 fully saturated rings. The molecule has 1 aromatic carbocycles. The van der Waals surface area contributed by atoms with Gasteiger partial charge in [-0.25, -0.2) is 0 Å². The average Bonchev–Trinajstić information content (AvgIpc) is 3.03. The summed E-state index contributed by atoms with van der Waals surface area (Å²) in [6, 6.07) is 5.06. The zero-order valence-electron chi connectivity index (χ0n) is 11.7. The van der Waals surface area contributed by atoms with Gasteiger partial charge in [0, 0.05) is 30.8 Å². The first-order valence-corrected chi connectivity index (χ1v) is 6.84. The predicted molar refractivity (Wildman–Crippen MR) is 73.9 cm³/mol. The summed E-state index contributed by atoms with van der Waals surface area (Å²) in [5.41, 5.74) is 0.957. The first kappa shape index (κ1) is 13.6. The van der Waals surface area contributed by atoms with Crippen molar-refractivity contribution >= 4 is 17.8 Å². The second-order valence-corrected chi connectivity index (χ2v) is 5.90. The van der Waals surface area contributed by atoms with Crippen molar-refractivity contribution in [3.63, 3.8) is 0 Å². The summed E-state index contributed by atoms with van der Waals surface area (Å²) in [5.74, 6) is -1.27. The minimum atomic E-state index is -0.885. The van der Waals surface area contributed by atoms with Gasteiger partial charge in [-0.1, -0.05) is 6.07 Å². The van der Waals surface area contributed by atoms with Crippen LogP contribution in [0.3, 0.4) is 0 Å². The normalized spacial score (nSPS) is 23.9. The smallest absolute Gasteiger partial charge is 0.311 e. The SMILES string of the molecule is CC1(C(=O)O)CCN(C(=O)c2ccc3c(c2)C(=O)NC3)C1. The molecule has 0 aliphatic carbocycles. The average molecular weight is 288 g/mol. The zero-order chi connectivity index (χ0) is 15.2. The molecule has 3 rings (SSSR count). The van der Waals surface area contributed by atoms with Crippen LogP contribution in [-0.2, 0) is 11.3 Å². The van der Waals surface area contributed by atoms with Crippen LogP contribution >= 0.6 is 0 Å². The van der Waals surface area contributed by atoms with Crippen molar-refractivity contribution in [2.24, 2.45) is 5.41 Å². The summed E-state index contributed by atoms with van der Waals surface area (Å²) >= 11 is 0. The lowest BCUT2D eigenvalue weighted by molar-refractivity contribution is -0.147. The third kappa shape index (κ3) is 2.16. The Morgan fingerprint density at radius 1 is 1.38 bits per heavy atom. The molecule has 2 N–H and O–H groups in total. The summed E-state index contributed by atoms with van der Waals surface area (Å²) in [7, 11) is 0. The monoisotopic (exact) mass is 288 g/mol. The highest BCUT2D eigenvalue weighted by atomic mass is 16.4. The third-order valence-electron chi connectivity index (χ3n) is 4.32. The van der Waals surface area contributed by atoms with Gasteiger partial charge in [-0.3, -0.25) is 14.4 Å². The Labute approximate surface area is 121 Å². The van der Waals surface area contributed by atoms with E-state index in [0.717, 1.165) is 5.56 Å². The van der Waals surface area contributed by atoms with Crippen LogP contribution in [0.15, 0.2) is 18.2 Å². The Bertz CT molecular complexity index is 655. The number of nitrogens with one attached hydrogen (secondary N) is 1. The molecule has 2 aliphatic rings. The van der Waals surface area contributed by atoms with Crippen LogP contribution in [0, 0.1) is 5.41 Å².